The van der Waals surface area contributed by atoms with Crippen molar-refractivity contribution < 1.29 is 19.4 Å². The van der Waals surface area contributed by atoms with Crippen LogP contribution in [0.1, 0.15) is 38.5 Å². The van der Waals surface area contributed by atoms with Gasteiger partial charge in [0.1, 0.15) is 6.61 Å². The molecule has 2 N–H and O–H groups in total. The van der Waals surface area contributed by atoms with E-state index in [1.54, 1.807) is 12.1 Å². The van der Waals surface area contributed by atoms with Gasteiger partial charge in [-0.15, -0.1) is 0 Å². The molecule has 5 heteroatoms. The molecule has 0 saturated carbocycles. The van der Waals surface area contributed by atoms with Crippen LogP contribution >= 0.6 is 0 Å². The van der Waals surface area contributed by atoms with Gasteiger partial charge >= 0.3 is 12.1 Å². The van der Waals surface area contributed by atoms with Gasteiger partial charge in [0, 0.05) is 12.5 Å². The van der Waals surface area contributed by atoms with Crippen molar-refractivity contribution in [3.63, 3.8) is 0 Å². The zero-order valence-electron chi connectivity index (χ0n) is 16.0. The molecular weight excluding hydrogens is 366 g/mol. The first-order valence-electron chi connectivity index (χ1n) is 9.46. The zero-order chi connectivity index (χ0) is 20.4. The van der Waals surface area contributed by atoms with E-state index in [0.29, 0.717) is 0 Å². The quantitative estimate of drug-likeness (QED) is 0.663. The van der Waals surface area contributed by atoms with Gasteiger partial charge in [0.2, 0.25) is 0 Å². The summed E-state index contributed by atoms with van der Waals surface area (Å²) in [5.41, 5.74) is 6.60. The molecule has 0 spiro atoms. The Balaban J connectivity index is 1.40. The third-order valence-electron chi connectivity index (χ3n) is 5.36. The first-order valence-corrected chi connectivity index (χ1v) is 9.46. The van der Waals surface area contributed by atoms with Gasteiger partial charge in [0.05, 0.1) is 5.56 Å². The number of aryl methyl sites for hydroxylation is 1. The Kier molecular flexibility index (Phi) is 5.04. The first-order chi connectivity index (χ1) is 14.0. The highest BCUT2D eigenvalue weighted by atomic mass is 16.5. The van der Waals surface area contributed by atoms with Crippen molar-refractivity contribution in [2.75, 3.05) is 6.61 Å². The van der Waals surface area contributed by atoms with Crippen molar-refractivity contribution in [1.29, 1.82) is 0 Å². The molecule has 0 atom stereocenters. The summed E-state index contributed by atoms with van der Waals surface area (Å²) in [6.45, 7) is 2.36. The Morgan fingerprint density at radius 1 is 0.966 bits per heavy atom. The Morgan fingerprint density at radius 2 is 1.59 bits per heavy atom. The van der Waals surface area contributed by atoms with Crippen LogP contribution in [0.3, 0.4) is 0 Å². The Bertz CT molecular complexity index is 1040. The number of carboxylic acid groups (broad SMARTS) is 1. The lowest BCUT2D eigenvalue weighted by Gasteiger charge is -2.15. The predicted octanol–water partition coefficient (Wildman–Crippen LogP) is 4.73. The molecule has 0 unspecified atom stereocenters. The number of hydrogen-bond acceptors (Lipinski definition) is 3. The van der Waals surface area contributed by atoms with E-state index in [-0.39, 0.29) is 24.6 Å². The summed E-state index contributed by atoms with van der Waals surface area (Å²) in [7, 11) is 0. The Labute approximate surface area is 169 Å². The molecule has 4 rings (SSSR count). The number of rotatable bonds is 5. The van der Waals surface area contributed by atoms with Gasteiger partial charge in [-0.3, -0.25) is 0 Å². The summed E-state index contributed by atoms with van der Waals surface area (Å²) in [6, 6.07) is 21.2. The highest BCUT2D eigenvalue weighted by molar-refractivity contribution is 5.88. The topological polar surface area (TPSA) is 75.6 Å². The van der Waals surface area contributed by atoms with Crippen LogP contribution in [0.25, 0.3) is 11.1 Å². The van der Waals surface area contributed by atoms with Gasteiger partial charge in [-0.1, -0.05) is 54.6 Å². The molecule has 0 aromatic heterocycles. The second-order valence-electron chi connectivity index (χ2n) is 7.13. The van der Waals surface area contributed by atoms with Crippen LogP contribution in [0.5, 0.6) is 0 Å². The summed E-state index contributed by atoms with van der Waals surface area (Å²) in [4.78, 5) is 23.3. The van der Waals surface area contributed by atoms with Crippen molar-refractivity contribution in [2.24, 2.45) is 0 Å². The molecule has 3 aromatic carbocycles. The molecule has 1 amide bonds. The largest absolute Gasteiger partial charge is 0.478 e. The Morgan fingerprint density at radius 3 is 2.17 bits per heavy atom. The lowest BCUT2D eigenvalue weighted by atomic mass is 9.98. The molecule has 1 aliphatic rings. The smallest absolute Gasteiger partial charge is 0.407 e. The minimum absolute atomic E-state index is 0.0183. The number of hydrogen-bond donors (Lipinski definition) is 2. The number of amides is 1. The van der Waals surface area contributed by atoms with Crippen LogP contribution < -0.4 is 5.32 Å². The fraction of sp³-hybridized carbons (Fsp3) is 0.167. The number of fused-ring (bicyclic) bond motifs is 3. The van der Waals surface area contributed by atoms with Crippen molar-refractivity contribution in [3.05, 3.63) is 94.5 Å². The van der Waals surface area contributed by atoms with Crippen LogP contribution in [0.4, 0.5) is 4.79 Å². The number of benzene rings is 3. The number of carbonyl (C=O) groups is 2. The molecule has 0 aliphatic heterocycles. The third-order valence-corrected chi connectivity index (χ3v) is 5.36. The highest BCUT2D eigenvalue weighted by Crippen LogP contribution is 2.44. The SMILES string of the molecule is Cc1cc(C(=O)O)ccc1CNC(=O)OCC1c2ccccc2-c2ccccc21. The number of nitrogens with one attached hydrogen (secondary N) is 1. The van der Waals surface area contributed by atoms with E-state index in [9.17, 15) is 9.59 Å². The summed E-state index contributed by atoms with van der Waals surface area (Å²) in [5.74, 6) is -0.950. The molecule has 0 fully saturated rings. The average Bonchev–Trinajstić information content (AvgIpc) is 3.05. The van der Waals surface area contributed by atoms with Crippen molar-refractivity contribution in [3.8, 4) is 11.1 Å². The van der Waals surface area contributed by atoms with E-state index in [1.165, 1.54) is 28.3 Å². The molecule has 0 heterocycles. The Hall–Kier alpha value is -3.60. The van der Waals surface area contributed by atoms with Gasteiger partial charge in [-0.2, -0.15) is 0 Å². The van der Waals surface area contributed by atoms with Crippen molar-refractivity contribution >= 4 is 12.1 Å². The molecule has 0 saturated heterocycles. The number of carbonyl (C=O) groups excluding carboxylic acids is 1. The number of alkyl carbamates (subject to hydrolysis) is 1. The highest BCUT2D eigenvalue weighted by Gasteiger charge is 2.28. The van der Waals surface area contributed by atoms with Gasteiger partial charge in [0.15, 0.2) is 0 Å². The third kappa shape index (κ3) is 3.72. The zero-order valence-corrected chi connectivity index (χ0v) is 16.0. The summed E-state index contributed by atoms with van der Waals surface area (Å²) >= 11 is 0. The van der Waals surface area contributed by atoms with E-state index in [2.05, 4.69) is 29.6 Å². The summed E-state index contributed by atoms with van der Waals surface area (Å²) in [6.07, 6.45) is -0.492. The van der Waals surface area contributed by atoms with Crippen LogP contribution in [0.2, 0.25) is 0 Å². The molecular formula is C24H21NO4. The fourth-order valence-corrected chi connectivity index (χ4v) is 3.84. The van der Waals surface area contributed by atoms with Gasteiger partial charge < -0.3 is 15.2 Å². The van der Waals surface area contributed by atoms with Gasteiger partial charge in [-0.05, 0) is 52.4 Å². The van der Waals surface area contributed by atoms with E-state index in [1.807, 2.05) is 31.2 Å². The van der Waals surface area contributed by atoms with Crippen molar-refractivity contribution in [1.82, 2.24) is 5.32 Å². The molecule has 3 aromatic rings. The van der Waals surface area contributed by atoms with Crippen LogP contribution in [0, 0.1) is 6.92 Å². The normalized spacial score (nSPS) is 12.2. The minimum Gasteiger partial charge on any atom is -0.478 e. The lowest BCUT2D eigenvalue weighted by Crippen LogP contribution is -2.26. The number of carboxylic acids is 1. The van der Waals surface area contributed by atoms with Gasteiger partial charge in [-0.25, -0.2) is 9.59 Å². The van der Waals surface area contributed by atoms with Gasteiger partial charge in [0.25, 0.3) is 0 Å². The molecule has 1 aliphatic carbocycles. The summed E-state index contributed by atoms with van der Waals surface area (Å²) in [5, 5.41) is 11.8. The second-order valence-corrected chi connectivity index (χ2v) is 7.13. The van der Waals surface area contributed by atoms with E-state index in [0.717, 1.165) is 11.1 Å². The monoisotopic (exact) mass is 387 g/mol. The minimum atomic E-state index is -0.968. The maximum Gasteiger partial charge on any atom is 0.407 e. The lowest BCUT2D eigenvalue weighted by molar-refractivity contribution is 0.0696. The number of ether oxygens (including phenoxy) is 1. The average molecular weight is 387 g/mol. The predicted molar refractivity (Wildman–Crippen MR) is 110 cm³/mol. The first kappa shape index (κ1) is 18.7. The standard InChI is InChI=1S/C24H21NO4/c1-15-12-16(23(26)27)10-11-17(15)13-25-24(28)29-14-22-20-8-4-2-6-18(20)19-7-3-5-9-21(19)22/h2-12,22H,13-14H2,1H3,(H,25,28)(H,26,27). The maximum atomic E-state index is 12.3. The molecule has 0 bridgehead atoms. The maximum absolute atomic E-state index is 12.3. The van der Waals surface area contributed by atoms with Crippen molar-refractivity contribution in [2.45, 2.75) is 19.4 Å². The van der Waals surface area contributed by atoms with Crippen LogP contribution in [-0.2, 0) is 11.3 Å². The van der Waals surface area contributed by atoms with E-state index < -0.39 is 12.1 Å². The molecule has 146 valence electrons. The van der Waals surface area contributed by atoms with Crippen LogP contribution in [-0.4, -0.2) is 23.8 Å². The molecule has 5 nitrogen and oxygen atoms in total. The van der Waals surface area contributed by atoms with E-state index >= 15 is 0 Å². The summed E-state index contributed by atoms with van der Waals surface area (Å²) < 4.78 is 5.52. The second kappa shape index (κ2) is 7.80. The fourth-order valence-electron chi connectivity index (χ4n) is 3.84. The molecule has 29 heavy (non-hydrogen) atoms. The van der Waals surface area contributed by atoms with E-state index in [4.69, 9.17) is 9.84 Å². The van der Waals surface area contributed by atoms with Crippen LogP contribution in [0.15, 0.2) is 66.7 Å². The number of aromatic carboxylic acids is 1. The molecule has 0 radical (unpaired) electrons.